The van der Waals surface area contributed by atoms with Crippen LogP contribution in [0.4, 0.5) is 5.69 Å². The average molecular weight is 352 g/mol. The molecule has 0 bridgehead atoms. The minimum atomic E-state index is -0.533. The third-order valence-electron chi connectivity index (χ3n) is 2.93. The lowest BCUT2D eigenvalue weighted by atomic mass is 10.2. The smallest absolute Gasteiger partial charge is 0.343 e. The highest BCUT2D eigenvalue weighted by Gasteiger charge is 2.10. The second-order valence-corrected chi connectivity index (χ2v) is 5.74. The molecule has 23 heavy (non-hydrogen) atoms. The van der Waals surface area contributed by atoms with Gasteiger partial charge in [0.2, 0.25) is 5.91 Å². The Morgan fingerprint density at radius 2 is 1.65 bits per heavy atom. The number of nitrogens with one attached hydrogen (secondary N) is 1. The second-order valence-electron chi connectivity index (χ2n) is 4.87. The molecule has 6 heteroatoms. The van der Waals surface area contributed by atoms with Crippen LogP contribution >= 0.6 is 23.2 Å². The molecule has 0 saturated heterocycles. The summed E-state index contributed by atoms with van der Waals surface area (Å²) in [5, 5.41) is 3.51. The van der Waals surface area contributed by atoms with E-state index in [1.54, 1.807) is 30.3 Å². The van der Waals surface area contributed by atoms with E-state index in [1.807, 2.05) is 6.92 Å². The Balaban J connectivity index is 2.03. The average Bonchev–Trinajstić information content (AvgIpc) is 2.47. The third-order valence-corrected chi connectivity index (χ3v) is 3.36. The summed E-state index contributed by atoms with van der Waals surface area (Å²) >= 11 is 11.7. The molecule has 0 saturated carbocycles. The first kappa shape index (κ1) is 17.3. The molecule has 0 heterocycles. The summed E-state index contributed by atoms with van der Waals surface area (Å²) in [4.78, 5) is 23.6. The van der Waals surface area contributed by atoms with Crippen molar-refractivity contribution in [3.05, 3.63) is 58.1 Å². The van der Waals surface area contributed by atoms with Crippen LogP contribution in [0.2, 0.25) is 10.0 Å². The number of esters is 1. The number of halogens is 2. The van der Waals surface area contributed by atoms with E-state index in [0.717, 1.165) is 6.42 Å². The molecule has 0 aliphatic heterocycles. The summed E-state index contributed by atoms with van der Waals surface area (Å²) in [6, 6.07) is 11.0. The van der Waals surface area contributed by atoms with Crippen LogP contribution in [0.15, 0.2) is 42.5 Å². The first-order valence-corrected chi connectivity index (χ1v) is 7.81. The molecule has 0 aliphatic rings. The van der Waals surface area contributed by atoms with Gasteiger partial charge in [-0.2, -0.15) is 0 Å². The highest BCUT2D eigenvalue weighted by Crippen LogP contribution is 2.25. The fourth-order valence-electron chi connectivity index (χ4n) is 1.89. The molecule has 2 rings (SSSR count). The van der Waals surface area contributed by atoms with Crippen LogP contribution in [0.3, 0.4) is 0 Å². The molecule has 2 aromatic carbocycles. The van der Waals surface area contributed by atoms with Gasteiger partial charge in [0.25, 0.3) is 0 Å². The van der Waals surface area contributed by atoms with Crippen LogP contribution in [0.25, 0.3) is 0 Å². The van der Waals surface area contributed by atoms with Crippen molar-refractivity contribution >= 4 is 40.8 Å². The van der Waals surface area contributed by atoms with Crippen molar-refractivity contribution in [1.29, 1.82) is 0 Å². The summed E-state index contributed by atoms with van der Waals surface area (Å²) in [7, 11) is 0. The summed E-state index contributed by atoms with van der Waals surface area (Å²) in [5.41, 5.74) is 0.986. The summed E-state index contributed by atoms with van der Waals surface area (Å²) in [5.74, 6) is -0.320. The fourth-order valence-corrected chi connectivity index (χ4v) is 2.40. The Labute approximate surface area is 144 Å². The molecule has 4 nitrogen and oxygen atoms in total. The van der Waals surface area contributed by atoms with Gasteiger partial charge in [0, 0.05) is 22.2 Å². The van der Waals surface area contributed by atoms with E-state index >= 15 is 0 Å². The number of hydrogen-bond acceptors (Lipinski definition) is 3. The summed E-state index contributed by atoms with van der Waals surface area (Å²) in [6.07, 6.45) is 1.23. The van der Waals surface area contributed by atoms with Crippen LogP contribution in [-0.4, -0.2) is 11.9 Å². The Bertz CT molecular complexity index is 694. The lowest BCUT2D eigenvalue weighted by molar-refractivity contribution is -0.116. The molecule has 1 amide bonds. The predicted octanol–water partition coefficient (Wildman–Crippen LogP) is 4.95. The maximum Gasteiger partial charge on any atom is 0.343 e. The minimum absolute atomic E-state index is 0.0589. The summed E-state index contributed by atoms with van der Waals surface area (Å²) in [6.45, 7) is 1.93. The number of anilines is 1. The van der Waals surface area contributed by atoms with Gasteiger partial charge in [0.15, 0.2) is 0 Å². The van der Waals surface area contributed by atoms with Crippen molar-refractivity contribution in [2.45, 2.75) is 19.8 Å². The standard InChI is InChI=1S/C17H15Cl2NO3/c1-2-3-16(21)20-14-6-4-11(5-7-14)17(22)23-15-9-12(18)8-13(19)10-15/h4-10H,2-3H2,1H3,(H,20,21). The maximum absolute atomic E-state index is 12.1. The monoisotopic (exact) mass is 351 g/mol. The van der Waals surface area contributed by atoms with Gasteiger partial charge in [-0.15, -0.1) is 0 Å². The highest BCUT2D eigenvalue weighted by atomic mass is 35.5. The molecule has 0 unspecified atom stereocenters. The number of hydrogen-bond donors (Lipinski definition) is 1. The van der Waals surface area contributed by atoms with Crippen LogP contribution in [0, 0.1) is 0 Å². The fraction of sp³-hybridized carbons (Fsp3) is 0.176. The number of rotatable bonds is 5. The van der Waals surface area contributed by atoms with Gasteiger partial charge >= 0.3 is 5.97 Å². The van der Waals surface area contributed by atoms with Crippen molar-refractivity contribution in [1.82, 2.24) is 0 Å². The molecule has 2 aromatic rings. The van der Waals surface area contributed by atoms with Crippen LogP contribution < -0.4 is 10.1 Å². The van der Waals surface area contributed by atoms with E-state index < -0.39 is 5.97 Å². The van der Waals surface area contributed by atoms with Crippen LogP contribution in [0.1, 0.15) is 30.1 Å². The van der Waals surface area contributed by atoms with E-state index in [2.05, 4.69) is 5.32 Å². The molecule has 0 aromatic heterocycles. The van der Waals surface area contributed by atoms with Crippen LogP contribution in [-0.2, 0) is 4.79 Å². The van der Waals surface area contributed by atoms with E-state index in [-0.39, 0.29) is 11.7 Å². The van der Waals surface area contributed by atoms with Gasteiger partial charge < -0.3 is 10.1 Å². The second kappa shape index (κ2) is 7.99. The molecule has 0 spiro atoms. The Morgan fingerprint density at radius 1 is 1.04 bits per heavy atom. The predicted molar refractivity (Wildman–Crippen MR) is 91.4 cm³/mol. The van der Waals surface area contributed by atoms with Crippen molar-refractivity contribution in [2.24, 2.45) is 0 Å². The third kappa shape index (κ3) is 5.27. The zero-order valence-corrected chi connectivity index (χ0v) is 13.9. The molecule has 1 N–H and O–H groups in total. The molecule has 0 atom stereocenters. The molecule has 0 radical (unpaired) electrons. The lowest BCUT2D eigenvalue weighted by Gasteiger charge is -2.07. The number of amides is 1. The van der Waals surface area contributed by atoms with E-state index in [4.69, 9.17) is 27.9 Å². The quantitative estimate of drug-likeness (QED) is 0.612. The Morgan fingerprint density at radius 3 is 2.22 bits per heavy atom. The summed E-state index contributed by atoms with van der Waals surface area (Å²) < 4.78 is 5.23. The normalized spacial score (nSPS) is 10.2. The van der Waals surface area contributed by atoms with Crippen molar-refractivity contribution in [2.75, 3.05) is 5.32 Å². The molecule has 0 aliphatic carbocycles. The maximum atomic E-state index is 12.1. The van der Waals surface area contributed by atoms with E-state index in [9.17, 15) is 9.59 Å². The first-order chi connectivity index (χ1) is 11.0. The van der Waals surface area contributed by atoms with Crippen molar-refractivity contribution < 1.29 is 14.3 Å². The van der Waals surface area contributed by atoms with Gasteiger partial charge in [0.05, 0.1) is 5.56 Å². The topological polar surface area (TPSA) is 55.4 Å². The molecule has 120 valence electrons. The van der Waals surface area contributed by atoms with Crippen molar-refractivity contribution in [3.63, 3.8) is 0 Å². The van der Waals surface area contributed by atoms with E-state index in [1.165, 1.54) is 12.1 Å². The highest BCUT2D eigenvalue weighted by molar-refractivity contribution is 6.34. The Kier molecular flexibility index (Phi) is 6.02. The van der Waals surface area contributed by atoms with Gasteiger partial charge in [-0.05, 0) is 48.9 Å². The van der Waals surface area contributed by atoms with Gasteiger partial charge in [-0.25, -0.2) is 4.79 Å². The largest absolute Gasteiger partial charge is 0.423 e. The molecular weight excluding hydrogens is 337 g/mol. The van der Waals surface area contributed by atoms with E-state index in [0.29, 0.717) is 27.7 Å². The zero-order valence-electron chi connectivity index (χ0n) is 12.4. The molecule has 0 fully saturated rings. The lowest BCUT2D eigenvalue weighted by Crippen LogP contribution is -2.11. The van der Waals surface area contributed by atoms with Gasteiger partial charge in [-0.3, -0.25) is 4.79 Å². The number of benzene rings is 2. The minimum Gasteiger partial charge on any atom is -0.423 e. The van der Waals surface area contributed by atoms with Gasteiger partial charge in [-0.1, -0.05) is 30.1 Å². The van der Waals surface area contributed by atoms with Gasteiger partial charge in [0.1, 0.15) is 5.75 Å². The zero-order chi connectivity index (χ0) is 16.8. The Hall–Kier alpha value is -2.04. The number of ether oxygens (including phenoxy) is 1. The molecular formula is C17H15Cl2NO3. The van der Waals surface area contributed by atoms with Crippen molar-refractivity contribution in [3.8, 4) is 5.75 Å². The number of carbonyl (C=O) groups is 2. The first-order valence-electron chi connectivity index (χ1n) is 7.06. The van der Waals surface area contributed by atoms with Crippen LogP contribution in [0.5, 0.6) is 5.75 Å². The SMILES string of the molecule is CCCC(=O)Nc1ccc(C(=O)Oc2cc(Cl)cc(Cl)c2)cc1. The number of carbonyl (C=O) groups excluding carboxylic acids is 2.